The van der Waals surface area contributed by atoms with Crippen molar-refractivity contribution < 1.29 is 14.8 Å². The van der Waals surface area contributed by atoms with Gasteiger partial charge in [0.15, 0.2) is 0 Å². The van der Waals surface area contributed by atoms with Gasteiger partial charge in [-0.05, 0) is 26.3 Å². The van der Waals surface area contributed by atoms with Crippen molar-refractivity contribution in [1.29, 1.82) is 0 Å². The Bertz CT molecular complexity index is 512. The van der Waals surface area contributed by atoms with Crippen LogP contribution < -0.4 is 10.6 Å². The molecular weight excluding hydrogens is 262 g/mol. The number of aliphatic hydroxyl groups excluding tert-OH is 1. The number of benzene rings is 1. The van der Waals surface area contributed by atoms with E-state index in [2.05, 4.69) is 10.6 Å². The van der Waals surface area contributed by atoms with E-state index in [1.165, 1.54) is 12.1 Å². The predicted octanol–water partition coefficient (Wildman–Crippen LogP) is 2.19. The van der Waals surface area contributed by atoms with Crippen molar-refractivity contribution in [3.05, 3.63) is 33.9 Å². The van der Waals surface area contributed by atoms with Gasteiger partial charge in [0.25, 0.3) is 5.69 Å². The molecule has 0 spiro atoms. The Hall–Kier alpha value is -2.15. The maximum atomic E-state index is 11.9. The molecule has 0 aromatic heterocycles. The number of nitro groups is 1. The molecule has 20 heavy (non-hydrogen) atoms. The molecule has 0 aliphatic rings. The number of amides is 2. The molecule has 1 aromatic rings. The first-order chi connectivity index (χ1) is 9.33. The van der Waals surface area contributed by atoms with Gasteiger partial charge in [-0.1, -0.05) is 13.0 Å². The van der Waals surface area contributed by atoms with Crippen LogP contribution in [0.1, 0.15) is 25.8 Å². The van der Waals surface area contributed by atoms with Gasteiger partial charge in [-0.3, -0.25) is 10.1 Å². The van der Waals surface area contributed by atoms with Gasteiger partial charge in [-0.2, -0.15) is 0 Å². The Morgan fingerprint density at radius 2 is 2.15 bits per heavy atom. The fourth-order valence-corrected chi connectivity index (χ4v) is 1.62. The van der Waals surface area contributed by atoms with Crippen LogP contribution in [-0.4, -0.2) is 28.2 Å². The van der Waals surface area contributed by atoms with Crippen molar-refractivity contribution in [2.45, 2.75) is 32.7 Å². The zero-order valence-electron chi connectivity index (χ0n) is 11.8. The minimum absolute atomic E-state index is 0.0526. The molecule has 1 atom stereocenters. The van der Waals surface area contributed by atoms with Gasteiger partial charge in [0.2, 0.25) is 0 Å². The van der Waals surface area contributed by atoms with Crippen LogP contribution in [0.25, 0.3) is 0 Å². The van der Waals surface area contributed by atoms with Crippen LogP contribution >= 0.6 is 0 Å². The molecule has 1 unspecified atom stereocenters. The molecule has 0 heterocycles. The van der Waals surface area contributed by atoms with E-state index in [1.807, 2.05) is 6.92 Å². The van der Waals surface area contributed by atoms with Crippen molar-refractivity contribution in [2.75, 3.05) is 11.9 Å². The number of carbonyl (C=O) groups excluding carboxylic acids is 1. The van der Waals surface area contributed by atoms with E-state index < -0.39 is 16.5 Å². The first-order valence-corrected chi connectivity index (χ1v) is 6.27. The van der Waals surface area contributed by atoms with Gasteiger partial charge in [0.1, 0.15) is 0 Å². The fraction of sp³-hybridized carbons (Fsp3) is 0.462. The summed E-state index contributed by atoms with van der Waals surface area (Å²) in [6.45, 7) is 4.94. The second-order valence-corrected chi connectivity index (χ2v) is 4.86. The summed E-state index contributed by atoms with van der Waals surface area (Å²) in [6, 6.07) is 3.96. The lowest BCUT2D eigenvalue weighted by Crippen LogP contribution is -2.50. The van der Waals surface area contributed by atoms with Crippen molar-refractivity contribution >= 4 is 17.4 Å². The van der Waals surface area contributed by atoms with Gasteiger partial charge in [0, 0.05) is 6.07 Å². The Morgan fingerprint density at radius 3 is 2.65 bits per heavy atom. The van der Waals surface area contributed by atoms with E-state index in [0.29, 0.717) is 17.7 Å². The van der Waals surface area contributed by atoms with E-state index >= 15 is 0 Å². The number of anilines is 1. The van der Waals surface area contributed by atoms with E-state index in [1.54, 1.807) is 19.9 Å². The number of nitrogens with one attached hydrogen (secondary N) is 2. The third kappa shape index (κ3) is 3.67. The summed E-state index contributed by atoms with van der Waals surface area (Å²) in [4.78, 5) is 22.2. The Kier molecular flexibility index (Phi) is 5.04. The lowest BCUT2D eigenvalue weighted by atomic mass is 10.0. The Labute approximate surface area is 117 Å². The highest BCUT2D eigenvalue weighted by Crippen LogP contribution is 2.25. The summed E-state index contributed by atoms with van der Waals surface area (Å²) in [5, 5.41) is 25.3. The minimum atomic E-state index is -0.724. The number of nitro benzene ring substituents is 1. The van der Waals surface area contributed by atoms with E-state index in [4.69, 9.17) is 0 Å². The quantitative estimate of drug-likeness (QED) is 0.568. The molecule has 0 saturated heterocycles. The maximum Gasteiger partial charge on any atom is 0.319 e. The highest BCUT2D eigenvalue weighted by molar-refractivity contribution is 5.91. The molecule has 7 heteroatoms. The number of carbonyl (C=O) groups is 1. The van der Waals surface area contributed by atoms with Crippen molar-refractivity contribution in [3.63, 3.8) is 0 Å². The Balaban J connectivity index is 2.87. The molecule has 0 saturated carbocycles. The lowest BCUT2D eigenvalue weighted by molar-refractivity contribution is -0.385. The number of hydrogen-bond donors (Lipinski definition) is 3. The summed E-state index contributed by atoms with van der Waals surface area (Å²) in [5.74, 6) is 0. The van der Waals surface area contributed by atoms with Crippen LogP contribution in [0.5, 0.6) is 0 Å². The third-order valence-corrected chi connectivity index (χ3v) is 3.29. The first-order valence-electron chi connectivity index (χ1n) is 6.27. The molecule has 0 fully saturated rings. The summed E-state index contributed by atoms with van der Waals surface area (Å²) in [7, 11) is 0. The van der Waals surface area contributed by atoms with Gasteiger partial charge in [-0.25, -0.2) is 4.79 Å². The maximum absolute atomic E-state index is 11.9. The number of rotatable bonds is 5. The van der Waals surface area contributed by atoms with Crippen LogP contribution in [0.4, 0.5) is 16.2 Å². The lowest BCUT2D eigenvalue weighted by Gasteiger charge is -2.27. The highest BCUT2D eigenvalue weighted by atomic mass is 16.6. The first kappa shape index (κ1) is 15.9. The topological polar surface area (TPSA) is 104 Å². The van der Waals surface area contributed by atoms with Gasteiger partial charge in [-0.15, -0.1) is 0 Å². The van der Waals surface area contributed by atoms with E-state index in [0.717, 1.165) is 0 Å². The predicted molar refractivity (Wildman–Crippen MR) is 75.8 cm³/mol. The minimum Gasteiger partial charge on any atom is -0.394 e. The smallest absolute Gasteiger partial charge is 0.319 e. The van der Waals surface area contributed by atoms with Crippen LogP contribution in [0.2, 0.25) is 0 Å². The molecular formula is C13H19N3O4. The van der Waals surface area contributed by atoms with Crippen LogP contribution in [0.3, 0.4) is 0 Å². The Morgan fingerprint density at radius 1 is 1.50 bits per heavy atom. The summed E-state index contributed by atoms with van der Waals surface area (Å²) >= 11 is 0. The highest BCUT2D eigenvalue weighted by Gasteiger charge is 2.24. The van der Waals surface area contributed by atoms with Crippen LogP contribution in [0.15, 0.2) is 18.2 Å². The SMILES string of the molecule is CCC(C)(CO)NC(=O)Nc1cccc([N+](=O)[O-])c1C. The molecule has 0 bridgehead atoms. The molecule has 1 rings (SSSR count). The second-order valence-electron chi connectivity index (χ2n) is 4.86. The number of urea groups is 1. The fourth-order valence-electron chi connectivity index (χ4n) is 1.62. The summed E-state index contributed by atoms with van der Waals surface area (Å²) in [5.41, 5.74) is -0.0234. The number of aliphatic hydroxyl groups is 1. The normalized spacial score (nSPS) is 13.4. The van der Waals surface area contributed by atoms with Crippen LogP contribution in [0, 0.1) is 17.0 Å². The molecule has 3 N–H and O–H groups in total. The average Bonchev–Trinajstić information content (AvgIpc) is 2.40. The van der Waals surface area contributed by atoms with Gasteiger partial charge in [0.05, 0.1) is 28.3 Å². The van der Waals surface area contributed by atoms with Crippen molar-refractivity contribution in [1.82, 2.24) is 5.32 Å². The zero-order chi connectivity index (χ0) is 15.3. The van der Waals surface area contributed by atoms with Gasteiger partial charge < -0.3 is 15.7 Å². The second kappa shape index (κ2) is 6.33. The van der Waals surface area contributed by atoms with E-state index in [-0.39, 0.29) is 12.3 Å². The van der Waals surface area contributed by atoms with Crippen LogP contribution in [-0.2, 0) is 0 Å². The van der Waals surface area contributed by atoms with E-state index in [9.17, 15) is 20.0 Å². The largest absolute Gasteiger partial charge is 0.394 e. The standard InChI is InChI=1S/C13H19N3O4/c1-4-13(3,8-17)15-12(18)14-10-6-5-7-11(9(10)2)16(19)20/h5-7,17H,4,8H2,1-3H3,(H2,14,15,18). The molecule has 0 aliphatic heterocycles. The monoisotopic (exact) mass is 281 g/mol. The van der Waals surface area contributed by atoms with Crippen molar-refractivity contribution in [3.8, 4) is 0 Å². The molecule has 0 radical (unpaired) electrons. The summed E-state index contributed by atoms with van der Waals surface area (Å²) in [6.07, 6.45) is 0.560. The summed E-state index contributed by atoms with van der Waals surface area (Å²) < 4.78 is 0. The number of nitrogens with zero attached hydrogens (tertiary/aromatic N) is 1. The molecule has 0 aliphatic carbocycles. The molecule has 2 amide bonds. The number of hydrogen-bond acceptors (Lipinski definition) is 4. The molecule has 7 nitrogen and oxygen atoms in total. The molecule has 1 aromatic carbocycles. The third-order valence-electron chi connectivity index (χ3n) is 3.29. The zero-order valence-corrected chi connectivity index (χ0v) is 11.8. The average molecular weight is 281 g/mol. The van der Waals surface area contributed by atoms with Gasteiger partial charge >= 0.3 is 6.03 Å². The molecule has 110 valence electrons. The van der Waals surface area contributed by atoms with Crippen molar-refractivity contribution in [2.24, 2.45) is 0 Å².